The average Bonchev–Trinajstić information content (AvgIpc) is 2.63. The highest BCUT2D eigenvalue weighted by atomic mass is 35.5. The molecule has 0 aromatic heterocycles. The lowest BCUT2D eigenvalue weighted by molar-refractivity contribution is -1.00. The zero-order valence-electron chi connectivity index (χ0n) is 15.7. The molecule has 4 N–H and O–H groups in total. The topological polar surface area (TPSA) is 76.3 Å². The van der Waals surface area contributed by atoms with E-state index in [0.29, 0.717) is 28.4 Å². The van der Waals surface area contributed by atoms with Crippen LogP contribution in [0.2, 0.25) is 5.02 Å². The molecule has 1 aromatic carbocycles. The van der Waals surface area contributed by atoms with Crippen LogP contribution in [-0.2, 0) is 9.53 Å². The second kappa shape index (κ2) is 8.73. The maximum absolute atomic E-state index is 12.8. The molecule has 1 atom stereocenters. The fourth-order valence-electron chi connectivity index (χ4n) is 3.61. The average molecular weight is 395 g/mol. The Hall–Kier alpha value is -2.09. The fraction of sp³-hybridized carbons (Fsp3) is 0.474. The van der Waals surface area contributed by atoms with Gasteiger partial charge in [-0.05, 0) is 18.6 Å². The van der Waals surface area contributed by atoms with E-state index < -0.39 is 12.0 Å². The van der Waals surface area contributed by atoms with Gasteiger partial charge in [0.1, 0.15) is 32.7 Å². The van der Waals surface area contributed by atoms with Crippen molar-refractivity contribution in [3.05, 3.63) is 46.1 Å². The Balaban J connectivity index is 1.97. The van der Waals surface area contributed by atoms with Crippen LogP contribution < -0.4 is 20.4 Å². The summed E-state index contributed by atoms with van der Waals surface area (Å²) in [5, 5.41) is 6.17. The molecule has 7 nitrogen and oxygen atoms in total. The van der Waals surface area contributed by atoms with Crippen molar-refractivity contribution in [1.29, 1.82) is 0 Å². The van der Waals surface area contributed by atoms with E-state index in [9.17, 15) is 9.59 Å². The number of ether oxygens (including phenoxy) is 1. The van der Waals surface area contributed by atoms with E-state index >= 15 is 0 Å². The predicted molar refractivity (Wildman–Crippen MR) is 102 cm³/mol. The van der Waals surface area contributed by atoms with Crippen LogP contribution in [0.3, 0.4) is 0 Å². The number of piperazine rings is 1. The monoisotopic (exact) mass is 394 g/mol. The largest absolute Gasteiger partial charge is 0.463 e. The number of esters is 1. The summed E-state index contributed by atoms with van der Waals surface area (Å²) >= 11 is 6.35. The number of benzene rings is 1. The van der Waals surface area contributed by atoms with Crippen LogP contribution in [0, 0.1) is 0 Å². The summed E-state index contributed by atoms with van der Waals surface area (Å²) in [7, 11) is 2.18. The number of quaternary nitrogens is 2. The maximum atomic E-state index is 12.8. The van der Waals surface area contributed by atoms with Gasteiger partial charge < -0.3 is 25.2 Å². The van der Waals surface area contributed by atoms with Gasteiger partial charge in [0, 0.05) is 5.02 Å². The van der Waals surface area contributed by atoms with Gasteiger partial charge in [-0.3, -0.25) is 0 Å². The van der Waals surface area contributed by atoms with Gasteiger partial charge in [0.2, 0.25) is 0 Å². The summed E-state index contributed by atoms with van der Waals surface area (Å²) < 4.78 is 5.30. The molecule has 146 valence electrons. The van der Waals surface area contributed by atoms with Gasteiger partial charge in [-0.1, -0.05) is 29.8 Å². The number of carbonyl (C=O) groups is 2. The lowest BCUT2D eigenvalue weighted by Gasteiger charge is -2.32. The van der Waals surface area contributed by atoms with Gasteiger partial charge in [0.05, 0.1) is 31.0 Å². The second-order valence-corrected chi connectivity index (χ2v) is 7.46. The molecule has 27 heavy (non-hydrogen) atoms. The molecular formula is C19H27ClN4O3+2. The third kappa shape index (κ3) is 4.61. The molecule has 2 amide bonds. The van der Waals surface area contributed by atoms with Crippen molar-refractivity contribution in [2.24, 2.45) is 0 Å². The summed E-state index contributed by atoms with van der Waals surface area (Å²) in [6, 6.07) is 6.27. The summed E-state index contributed by atoms with van der Waals surface area (Å²) in [6.07, 6.45) is 0. The third-order valence-electron chi connectivity index (χ3n) is 5.10. The molecule has 0 saturated carbocycles. The summed E-state index contributed by atoms with van der Waals surface area (Å²) in [5.41, 5.74) is 1.74. The van der Waals surface area contributed by atoms with E-state index in [1.807, 2.05) is 18.2 Å². The second-order valence-electron chi connectivity index (χ2n) is 7.05. The third-order valence-corrected chi connectivity index (χ3v) is 5.45. The number of urea groups is 1. The van der Waals surface area contributed by atoms with Crippen LogP contribution in [0.1, 0.15) is 18.5 Å². The molecule has 2 heterocycles. The van der Waals surface area contributed by atoms with E-state index in [-0.39, 0.29) is 12.6 Å². The van der Waals surface area contributed by atoms with Gasteiger partial charge in [0.25, 0.3) is 0 Å². The van der Waals surface area contributed by atoms with Crippen LogP contribution in [0.5, 0.6) is 0 Å². The normalized spacial score (nSPS) is 25.6. The van der Waals surface area contributed by atoms with Gasteiger partial charge in [-0.25, -0.2) is 9.59 Å². The number of halogens is 1. The standard InChI is InChI=1S/C19H25ClN4O3/c1-3-27-18(25)16-15(12-24-10-8-23(2)9-11-24)21-19(26)22-17(16)13-6-4-5-7-14(13)20/h4-7,17H,3,8-12H2,1-2H3,(H2,21,22,26)/p+2/t17-/m0/s1. The molecule has 1 saturated heterocycles. The van der Waals surface area contributed by atoms with E-state index in [4.69, 9.17) is 16.3 Å². The van der Waals surface area contributed by atoms with Crippen molar-refractivity contribution in [2.45, 2.75) is 13.0 Å². The number of likely N-dealkylation sites (N-methyl/N-ethyl adjacent to an activating group) is 1. The Morgan fingerprint density at radius 1 is 1.26 bits per heavy atom. The lowest BCUT2D eigenvalue weighted by Crippen LogP contribution is -3.27. The highest BCUT2D eigenvalue weighted by molar-refractivity contribution is 6.31. The molecule has 2 aliphatic heterocycles. The number of hydrogen-bond acceptors (Lipinski definition) is 3. The number of nitrogens with one attached hydrogen (secondary N) is 4. The van der Waals surface area contributed by atoms with E-state index in [1.165, 1.54) is 9.80 Å². The molecule has 0 aliphatic carbocycles. The molecule has 0 bridgehead atoms. The van der Waals surface area contributed by atoms with Crippen molar-refractivity contribution in [2.75, 3.05) is 46.4 Å². The van der Waals surface area contributed by atoms with Gasteiger partial charge in [-0.15, -0.1) is 0 Å². The highest BCUT2D eigenvalue weighted by Crippen LogP contribution is 2.31. The number of hydrogen-bond donors (Lipinski definition) is 4. The quantitative estimate of drug-likeness (QED) is 0.480. The predicted octanol–water partition coefficient (Wildman–Crippen LogP) is -1.08. The van der Waals surface area contributed by atoms with Gasteiger partial charge >= 0.3 is 12.0 Å². The van der Waals surface area contributed by atoms with Crippen molar-refractivity contribution >= 4 is 23.6 Å². The first-order valence-corrected chi connectivity index (χ1v) is 9.74. The van der Waals surface area contributed by atoms with Gasteiger partial charge in [0.15, 0.2) is 0 Å². The van der Waals surface area contributed by atoms with Gasteiger partial charge in [-0.2, -0.15) is 0 Å². The van der Waals surface area contributed by atoms with Crippen molar-refractivity contribution in [1.82, 2.24) is 10.6 Å². The van der Waals surface area contributed by atoms with Crippen molar-refractivity contribution < 1.29 is 24.1 Å². The zero-order chi connectivity index (χ0) is 19.4. The van der Waals surface area contributed by atoms with Crippen LogP contribution in [0.25, 0.3) is 0 Å². The molecule has 2 aliphatic rings. The first kappa shape index (κ1) is 19.7. The Bertz CT molecular complexity index is 744. The lowest BCUT2D eigenvalue weighted by atomic mass is 9.95. The fourth-order valence-corrected chi connectivity index (χ4v) is 3.85. The van der Waals surface area contributed by atoms with E-state index in [2.05, 4.69) is 17.7 Å². The summed E-state index contributed by atoms with van der Waals surface area (Å²) in [5.74, 6) is -0.427. The summed E-state index contributed by atoms with van der Waals surface area (Å²) in [4.78, 5) is 27.9. The minimum atomic E-state index is -0.626. The molecule has 1 fully saturated rings. The SMILES string of the molecule is CCOC(=O)C1=C(C[NH+]2CC[NH+](C)CC2)NC(=O)N[C@H]1c1ccccc1Cl. The van der Waals surface area contributed by atoms with Crippen molar-refractivity contribution in [3.8, 4) is 0 Å². The Morgan fingerprint density at radius 3 is 2.63 bits per heavy atom. The molecule has 8 heteroatoms. The van der Waals surface area contributed by atoms with Crippen molar-refractivity contribution in [3.63, 3.8) is 0 Å². The minimum Gasteiger partial charge on any atom is -0.463 e. The molecule has 3 rings (SSSR count). The number of carbonyl (C=O) groups excluding carboxylic acids is 2. The molecular weight excluding hydrogens is 368 g/mol. The highest BCUT2D eigenvalue weighted by Gasteiger charge is 2.36. The maximum Gasteiger partial charge on any atom is 0.338 e. The zero-order valence-corrected chi connectivity index (χ0v) is 16.5. The van der Waals surface area contributed by atoms with Crippen LogP contribution in [0.4, 0.5) is 4.79 Å². The minimum absolute atomic E-state index is 0.267. The van der Waals surface area contributed by atoms with Crippen LogP contribution >= 0.6 is 11.6 Å². The molecule has 0 radical (unpaired) electrons. The number of amides is 2. The van der Waals surface area contributed by atoms with Crippen LogP contribution in [0.15, 0.2) is 35.5 Å². The number of rotatable bonds is 5. The Labute approximate surface area is 164 Å². The first-order valence-electron chi connectivity index (χ1n) is 9.36. The Morgan fingerprint density at radius 2 is 1.96 bits per heavy atom. The summed E-state index contributed by atoms with van der Waals surface area (Å²) in [6.45, 7) is 6.73. The Kier molecular flexibility index (Phi) is 6.36. The van der Waals surface area contributed by atoms with E-state index in [1.54, 1.807) is 13.0 Å². The molecule has 0 unspecified atom stereocenters. The van der Waals surface area contributed by atoms with E-state index in [0.717, 1.165) is 26.2 Å². The van der Waals surface area contributed by atoms with Crippen LogP contribution in [-0.4, -0.2) is 58.4 Å². The molecule has 1 aromatic rings. The molecule has 0 spiro atoms. The smallest absolute Gasteiger partial charge is 0.338 e. The first-order chi connectivity index (χ1) is 13.0.